The van der Waals surface area contributed by atoms with Crippen molar-refractivity contribution in [2.24, 2.45) is 0 Å². The standard InChI is InChI=1S/C21H40O3/c1-3-4-5-6-7-8-9-10-11-12-13-14-15-16-17-18-20(23)21(2,24)19-22/h19,24H,3-18H2,1-2H3. The predicted molar refractivity (Wildman–Crippen MR) is 101 cm³/mol. The molecule has 3 heteroatoms. The number of rotatable bonds is 18. The topological polar surface area (TPSA) is 54.4 Å². The van der Waals surface area contributed by atoms with E-state index < -0.39 is 5.60 Å². The van der Waals surface area contributed by atoms with Gasteiger partial charge in [0.1, 0.15) is 0 Å². The average molecular weight is 341 g/mol. The number of carbonyl (C=O) groups is 2. The second-order valence-corrected chi connectivity index (χ2v) is 7.39. The van der Waals surface area contributed by atoms with Gasteiger partial charge >= 0.3 is 0 Å². The third-order valence-corrected chi connectivity index (χ3v) is 4.80. The second kappa shape index (κ2) is 15.8. The maximum Gasteiger partial charge on any atom is 0.175 e. The molecule has 0 aromatic carbocycles. The molecule has 0 saturated heterocycles. The predicted octanol–water partition coefficient (Wildman–Crippen LogP) is 5.77. The van der Waals surface area contributed by atoms with Crippen molar-refractivity contribution < 1.29 is 14.7 Å². The van der Waals surface area contributed by atoms with Crippen molar-refractivity contribution in [2.45, 2.75) is 122 Å². The van der Waals surface area contributed by atoms with E-state index in [0.29, 0.717) is 12.7 Å². The highest BCUT2D eigenvalue weighted by atomic mass is 16.3. The zero-order chi connectivity index (χ0) is 18.1. The quantitative estimate of drug-likeness (QED) is 0.196. The van der Waals surface area contributed by atoms with Crippen LogP contribution >= 0.6 is 0 Å². The van der Waals surface area contributed by atoms with E-state index in [4.69, 9.17) is 0 Å². The van der Waals surface area contributed by atoms with Gasteiger partial charge in [0.05, 0.1) is 0 Å². The van der Waals surface area contributed by atoms with Crippen molar-refractivity contribution in [1.29, 1.82) is 0 Å². The summed E-state index contributed by atoms with van der Waals surface area (Å²) in [6.07, 6.45) is 19.9. The second-order valence-electron chi connectivity index (χ2n) is 7.39. The lowest BCUT2D eigenvalue weighted by molar-refractivity contribution is -0.142. The van der Waals surface area contributed by atoms with Gasteiger partial charge in [0.15, 0.2) is 17.7 Å². The van der Waals surface area contributed by atoms with E-state index >= 15 is 0 Å². The van der Waals surface area contributed by atoms with E-state index in [9.17, 15) is 14.7 Å². The van der Waals surface area contributed by atoms with E-state index in [1.807, 2.05) is 0 Å². The molecule has 0 radical (unpaired) electrons. The third kappa shape index (κ3) is 13.7. The highest BCUT2D eigenvalue weighted by Crippen LogP contribution is 2.14. The molecule has 0 spiro atoms. The lowest BCUT2D eigenvalue weighted by atomic mass is 9.97. The summed E-state index contributed by atoms with van der Waals surface area (Å²) >= 11 is 0. The molecule has 0 bridgehead atoms. The summed E-state index contributed by atoms with van der Waals surface area (Å²) in [7, 11) is 0. The molecular formula is C21H40O3. The summed E-state index contributed by atoms with van der Waals surface area (Å²) < 4.78 is 0. The molecule has 0 amide bonds. The number of ketones is 1. The van der Waals surface area contributed by atoms with Crippen molar-refractivity contribution in [3.8, 4) is 0 Å². The van der Waals surface area contributed by atoms with E-state index in [-0.39, 0.29) is 5.78 Å². The zero-order valence-electron chi connectivity index (χ0n) is 16.2. The van der Waals surface area contributed by atoms with Crippen LogP contribution in [0.5, 0.6) is 0 Å². The fourth-order valence-corrected chi connectivity index (χ4v) is 2.98. The van der Waals surface area contributed by atoms with E-state index in [1.54, 1.807) is 0 Å². The molecule has 0 heterocycles. The minimum Gasteiger partial charge on any atom is -0.375 e. The summed E-state index contributed by atoms with van der Waals surface area (Å²) in [5.74, 6) is -0.354. The van der Waals surface area contributed by atoms with Crippen LogP contribution in [0.15, 0.2) is 0 Å². The largest absolute Gasteiger partial charge is 0.375 e. The number of unbranched alkanes of at least 4 members (excludes halogenated alkanes) is 14. The molecule has 1 N–H and O–H groups in total. The molecule has 3 nitrogen and oxygen atoms in total. The van der Waals surface area contributed by atoms with Crippen LogP contribution in [0.25, 0.3) is 0 Å². The summed E-state index contributed by atoms with van der Waals surface area (Å²) in [6, 6.07) is 0. The molecule has 1 unspecified atom stereocenters. The van der Waals surface area contributed by atoms with Crippen LogP contribution in [0.1, 0.15) is 117 Å². The van der Waals surface area contributed by atoms with Crippen molar-refractivity contribution in [1.82, 2.24) is 0 Å². The molecule has 1 atom stereocenters. The van der Waals surface area contributed by atoms with Crippen molar-refractivity contribution in [2.75, 3.05) is 0 Å². The van der Waals surface area contributed by atoms with Gasteiger partial charge in [-0.25, -0.2) is 0 Å². The van der Waals surface area contributed by atoms with E-state index in [1.165, 1.54) is 84.0 Å². The Morgan fingerprint density at radius 1 is 0.750 bits per heavy atom. The monoisotopic (exact) mass is 340 g/mol. The van der Waals surface area contributed by atoms with Gasteiger partial charge in [0, 0.05) is 6.42 Å². The summed E-state index contributed by atoms with van der Waals surface area (Å²) in [4.78, 5) is 22.1. The first-order valence-electron chi connectivity index (χ1n) is 10.3. The molecule has 0 fully saturated rings. The fourth-order valence-electron chi connectivity index (χ4n) is 2.98. The van der Waals surface area contributed by atoms with E-state index in [2.05, 4.69) is 6.92 Å². The van der Waals surface area contributed by atoms with Gasteiger partial charge in [-0.05, 0) is 13.3 Å². The minimum atomic E-state index is -1.78. The lowest BCUT2D eigenvalue weighted by Gasteiger charge is -2.13. The molecule has 0 aromatic heterocycles. The Morgan fingerprint density at radius 2 is 1.08 bits per heavy atom. The van der Waals surface area contributed by atoms with Gasteiger partial charge in [0.25, 0.3) is 0 Å². The van der Waals surface area contributed by atoms with Crippen molar-refractivity contribution in [3.63, 3.8) is 0 Å². The number of Topliss-reactive ketones (excluding diaryl/α,β-unsaturated/α-hetero) is 1. The molecule has 24 heavy (non-hydrogen) atoms. The lowest BCUT2D eigenvalue weighted by Crippen LogP contribution is -2.36. The first kappa shape index (κ1) is 23.3. The Kier molecular flexibility index (Phi) is 15.3. The van der Waals surface area contributed by atoms with Crippen molar-refractivity contribution >= 4 is 12.1 Å². The van der Waals surface area contributed by atoms with Crippen LogP contribution in [-0.2, 0) is 9.59 Å². The Balaban J connectivity index is 3.21. The van der Waals surface area contributed by atoms with Crippen LogP contribution in [0.4, 0.5) is 0 Å². The first-order valence-corrected chi connectivity index (χ1v) is 10.3. The van der Waals surface area contributed by atoms with Crippen molar-refractivity contribution in [3.05, 3.63) is 0 Å². The average Bonchev–Trinajstić information content (AvgIpc) is 2.58. The summed E-state index contributed by atoms with van der Waals surface area (Å²) in [5.41, 5.74) is -1.78. The van der Waals surface area contributed by atoms with Gasteiger partial charge in [-0.3, -0.25) is 9.59 Å². The minimum absolute atomic E-state index is 0.310. The first-order chi connectivity index (χ1) is 11.5. The van der Waals surface area contributed by atoms with Gasteiger partial charge < -0.3 is 5.11 Å². The van der Waals surface area contributed by atoms with Gasteiger partial charge in [-0.2, -0.15) is 0 Å². The normalized spacial score (nSPS) is 13.6. The van der Waals surface area contributed by atoms with Gasteiger partial charge in [0.2, 0.25) is 0 Å². The molecule has 0 aliphatic rings. The maximum atomic E-state index is 11.5. The third-order valence-electron chi connectivity index (χ3n) is 4.80. The van der Waals surface area contributed by atoms with Gasteiger partial charge in [-0.1, -0.05) is 96.8 Å². The smallest absolute Gasteiger partial charge is 0.175 e. The fraction of sp³-hybridized carbons (Fsp3) is 0.905. The Bertz CT molecular complexity index is 310. The van der Waals surface area contributed by atoms with Gasteiger partial charge in [-0.15, -0.1) is 0 Å². The molecule has 0 aromatic rings. The summed E-state index contributed by atoms with van der Waals surface area (Å²) in [6.45, 7) is 3.53. The highest BCUT2D eigenvalue weighted by molar-refractivity contribution is 6.00. The van der Waals surface area contributed by atoms with Crippen LogP contribution < -0.4 is 0 Å². The molecule has 0 saturated carbocycles. The molecular weight excluding hydrogens is 300 g/mol. The highest BCUT2D eigenvalue weighted by Gasteiger charge is 2.28. The summed E-state index contributed by atoms with van der Waals surface area (Å²) in [5, 5.41) is 9.49. The molecule has 0 rings (SSSR count). The van der Waals surface area contributed by atoms with Crippen LogP contribution in [0.2, 0.25) is 0 Å². The number of aliphatic hydroxyl groups is 1. The number of hydrogen-bond acceptors (Lipinski definition) is 3. The SMILES string of the molecule is CCCCCCCCCCCCCCCCCC(=O)C(C)(O)C=O. The molecule has 0 aliphatic carbocycles. The number of hydrogen-bond donors (Lipinski definition) is 1. The van der Waals surface area contributed by atoms with Crippen LogP contribution in [-0.4, -0.2) is 22.8 Å². The Morgan fingerprint density at radius 3 is 1.42 bits per heavy atom. The van der Waals surface area contributed by atoms with Crippen LogP contribution in [0, 0.1) is 0 Å². The zero-order valence-corrected chi connectivity index (χ0v) is 16.2. The van der Waals surface area contributed by atoms with E-state index in [0.717, 1.165) is 19.3 Å². The molecule has 142 valence electrons. The maximum absolute atomic E-state index is 11.5. The Hall–Kier alpha value is -0.700. The van der Waals surface area contributed by atoms with Crippen LogP contribution in [0.3, 0.4) is 0 Å². The number of aldehydes is 1. The molecule has 0 aliphatic heterocycles. The number of carbonyl (C=O) groups excluding carboxylic acids is 2. The Labute approximate surface area is 149 Å².